The Balaban J connectivity index is 2.41. The molecule has 1 aliphatic carbocycles. The minimum atomic E-state index is 0.0114. The topological polar surface area (TPSA) is 58.2 Å². The molecule has 20 heavy (non-hydrogen) atoms. The molecular formula is C16H30N2O2. The molecule has 0 aromatic rings. The number of nitrogens with one attached hydrogen (secondary N) is 2. The van der Waals surface area contributed by atoms with Gasteiger partial charge in [-0.05, 0) is 31.1 Å². The zero-order chi connectivity index (χ0) is 15.1. The summed E-state index contributed by atoms with van der Waals surface area (Å²) in [7, 11) is 0. The first-order valence-corrected chi connectivity index (χ1v) is 7.95. The van der Waals surface area contributed by atoms with Crippen LogP contribution in [-0.4, -0.2) is 24.9 Å². The molecule has 116 valence electrons. The number of amides is 2. The number of hydrogen-bond acceptors (Lipinski definition) is 2. The van der Waals surface area contributed by atoms with Crippen LogP contribution in [0.2, 0.25) is 0 Å². The van der Waals surface area contributed by atoms with Gasteiger partial charge in [0.15, 0.2) is 0 Å². The van der Waals surface area contributed by atoms with E-state index in [0.29, 0.717) is 18.3 Å². The largest absolute Gasteiger partial charge is 0.356 e. The van der Waals surface area contributed by atoms with Crippen molar-refractivity contribution in [2.75, 3.05) is 13.1 Å². The molecule has 0 saturated heterocycles. The van der Waals surface area contributed by atoms with Crippen LogP contribution in [0.5, 0.6) is 0 Å². The molecule has 4 nitrogen and oxygen atoms in total. The third-order valence-electron chi connectivity index (χ3n) is 3.78. The predicted molar refractivity (Wildman–Crippen MR) is 81.1 cm³/mol. The normalized spacial score (nSPS) is 22.9. The summed E-state index contributed by atoms with van der Waals surface area (Å²) in [5.41, 5.74) is 0. The SMILES string of the molecule is CC(C)CNC(=O)C1CCCC(C(=O)NCC(C)C)C1. The van der Waals surface area contributed by atoms with E-state index in [1.807, 2.05) is 0 Å². The molecule has 0 heterocycles. The Morgan fingerprint density at radius 1 is 0.900 bits per heavy atom. The molecule has 1 rings (SSSR count). The van der Waals surface area contributed by atoms with Crippen LogP contribution in [0.4, 0.5) is 0 Å². The fourth-order valence-corrected chi connectivity index (χ4v) is 2.56. The zero-order valence-corrected chi connectivity index (χ0v) is 13.4. The lowest BCUT2D eigenvalue weighted by Gasteiger charge is -2.28. The van der Waals surface area contributed by atoms with Crippen molar-refractivity contribution in [2.24, 2.45) is 23.7 Å². The molecule has 4 heteroatoms. The molecule has 2 atom stereocenters. The van der Waals surface area contributed by atoms with Crippen LogP contribution in [0.1, 0.15) is 53.4 Å². The van der Waals surface area contributed by atoms with E-state index in [2.05, 4.69) is 38.3 Å². The Kier molecular flexibility index (Phi) is 7.03. The molecule has 2 N–H and O–H groups in total. The van der Waals surface area contributed by atoms with Crippen LogP contribution >= 0.6 is 0 Å². The highest BCUT2D eigenvalue weighted by atomic mass is 16.2. The second-order valence-electron chi connectivity index (χ2n) is 6.84. The molecule has 0 spiro atoms. The maximum atomic E-state index is 12.1. The van der Waals surface area contributed by atoms with Gasteiger partial charge in [0.05, 0.1) is 0 Å². The van der Waals surface area contributed by atoms with Crippen molar-refractivity contribution < 1.29 is 9.59 Å². The fourth-order valence-electron chi connectivity index (χ4n) is 2.56. The molecule has 2 unspecified atom stereocenters. The summed E-state index contributed by atoms with van der Waals surface area (Å²) in [5, 5.41) is 5.98. The van der Waals surface area contributed by atoms with Crippen LogP contribution in [-0.2, 0) is 9.59 Å². The predicted octanol–water partition coefficient (Wildman–Crippen LogP) is 2.34. The Labute approximate surface area is 123 Å². The van der Waals surface area contributed by atoms with Gasteiger partial charge in [0.2, 0.25) is 11.8 Å². The second kappa shape index (κ2) is 8.28. The molecule has 2 amide bonds. The summed E-state index contributed by atoms with van der Waals surface area (Å²) in [6, 6.07) is 0. The first-order valence-electron chi connectivity index (χ1n) is 7.95. The van der Waals surface area contributed by atoms with Crippen molar-refractivity contribution in [3.63, 3.8) is 0 Å². The van der Waals surface area contributed by atoms with Crippen LogP contribution in [0.25, 0.3) is 0 Å². The van der Waals surface area contributed by atoms with E-state index in [1.54, 1.807) is 0 Å². The first kappa shape index (κ1) is 17.0. The highest BCUT2D eigenvalue weighted by Crippen LogP contribution is 2.29. The Bertz CT molecular complexity index is 296. The quantitative estimate of drug-likeness (QED) is 0.785. The highest BCUT2D eigenvalue weighted by Gasteiger charge is 2.30. The lowest BCUT2D eigenvalue weighted by molar-refractivity contribution is -0.130. The van der Waals surface area contributed by atoms with Crippen LogP contribution < -0.4 is 10.6 Å². The number of carbonyl (C=O) groups excluding carboxylic acids is 2. The van der Waals surface area contributed by atoms with Crippen LogP contribution in [0, 0.1) is 23.7 Å². The first-order chi connectivity index (χ1) is 9.40. The maximum absolute atomic E-state index is 12.1. The van der Waals surface area contributed by atoms with Gasteiger partial charge in [0.25, 0.3) is 0 Å². The lowest BCUT2D eigenvalue weighted by atomic mass is 9.80. The van der Waals surface area contributed by atoms with E-state index in [0.717, 1.165) is 32.4 Å². The molecule has 1 aliphatic rings. The van der Waals surface area contributed by atoms with Crippen molar-refractivity contribution in [1.29, 1.82) is 0 Å². The van der Waals surface area contributed by atoms with Gasteiger partial charge in [0.1, 0.15) is 0 Å². The zero-order valence-electron chi connectivity index (χ0n) is 13.4. The van der Waals surface area contributed by atoms with Gasteiger partial charge in [-0.2, -0.15) is 0 Å². The lowest BCUT2D eigenvalue weighted by Crippen LogP contribution is -2.40. The highest BCUT2D eigenvalue weighted by molar-refractivity contribution is 5.82. The van der Waals surface area contributed by atoms with Crippen LogP contribution in [0.3, 0.4) is 0 Å². The van der Waals surface area contributed by atoms with Gasteiger partial charge in [-0.15, -0.1) is 0 Å². The van der Waals surface area contributed by atoms with E-state index >= 15 is 0 Å². The minimum absolute atomic E-state index is 0.0114. The molecule has 0 aliphatic heterocycles. The molecule has 1 fully saturated rings. The van der Waals surface area contributed by atoms with Gasteiger partial charge < -0.3 is 10.6 Å². The van der Waals surface area contributed by atoms with E-state index in [1.165, 1.54) is 0 Å². The van der Waals surface area contributed by atoms with Gasteiger partial charge in [0, 0.05) is 24.9 Å². The monoisotopic (exact) mass is 282 g/mol. The van der Waals surface area contributed by atoms with Crippen molar-refractivity contribution in [3.8, 4) is 0 Å². The molecule has 0 bridgehead atoms. The van der Waals surface area contributed by atoms with Crippen LogP contribution in [0.15, 0.2) is 0 Å². The van der Waals surface area contributed by atoms with Crippen molar-refractivity contribution >= 4 is 11.8 Å². The fraction of sp³-hybridized carbons (Fsp3) is 0.875. The van der Waals surface area contributed by atoms with Gasteiger partial charge >= 0.3 is 0 Å². The summed E-state index contributed by atoms with van der Waals surface area (Å²) in [6.45, 7) is 9.79. The second-order valence-corrected chi connectivity index (χ2v) is 6.84. The third-order valence-corrected chi connectivity index (χ3v) is 3.78. The summed E-state index contributed by atoms with van der Waals surface area (Å²) in [5.74, 6) is 1.20. The average molecular weight is 282 g/mol. The molecular weight excluding hydrogens is 252 g/mol. The number of hydrogen-bond donors (Lipinski definition) is 2. The molecule has 1 saturated carbocycles. The van der Waals surface area contributed by atoms with E-state index < -0.39 is 0 Å². The van der Waals surface area contributed by atoms with Gasteiger partial charge in [-0.1, -0.05) is 34.1 Å². The summed E-state index contributed by atoms with van der Waals surface area (Å²) in [4.78, 5) is 24.2. The van der Waals surface area contributed by atoms with Crippen molar-refractivity contribution in [1.82, 2.24) is 10.6 Å². The van der Waals surface area contributed by atoms with Gasteiger partial charge in [-0.25, -0.2) is 0 Å². The number of carbonyl (C=O) groups is 2. The van der Waals surface area contributed by atoms with Crippen molar-refractivity contribution in [3.05, 3.63) is 0 Å². The molecule has 0 radical (unpaired) electrons. The van der Waals surface area contributed by atoms with E-state index in [9.17, 15) is 9.59 Å². The maximum Gasteiger partial charge on any atom is 0.223 e. The minimum Gasteiger partial charge on any atom is -0.356 e. The summed E-state index contributed by atoms with van der Waals surface area (Å²) < 4.78 is 0. The number of rotatable bonds is 6. The standard InChI is InChI=1S/C16H30N2O2/c1-11(2)9-17-15(19)13-6-5-7-14(8-13)16(20)18-10-12(3)4/h11-14H,5-10H2,1-4H3,(H,17,19)(H,18,20). The van der Waals surface area contributed by atoms with E-state index in [-0.39, 0.29) is 23.7 Å². The van der Waals surface area contributed by atoms with Gasteiger partial charge in [-0.3, -0.25) is 9.59 Å². The summed E-state index contributed by atoms with van der Waals surface area (Å²) >= 11 is 0. The Hall–Kier alpha value is -1.06. The smallest absolute Gasteiger partial charge is 0.223 e. The molecule has 0 aromatic carbocycles. The van der Waals surface area contributed by atoms with E-state index in [4.69, 9.17) is 0 Å². The average Bonchev–Trinajstić information content (AvgIpc) is 2.42. The third kappa shape index (κ3) is 5.93. The van der Waals surface area contributed by atoms with Crippen molar-refractivity contribution in [2.45, 2.75) is 53.4 Å². The Morgan fingerprint density at radius 3 is 1.65 bits per heavy atom. The summed E-state index contributed by atoms with van der Waals surface area (Å²) in [6.07, 6.45) is 3.50. The molecule has 0 aromatic heterocycles. The Morgan fingerprint density at radius 2 is 1.30 bits per heavy atom.